The quantitative estimate of drug-likeness (QED) is 0.827. The van der Waals surface area contributed by atoms with E-state index < -0.39 is 0 Å². The van der Waals surface area contributed by atoms with Crippen molar-refractivity contribution in [2.75, 3.05) is 18.9 Å². The molecule has 1 aliphatic heterocycles. The molecule has 0 aromatic heterocycles. The number of benzene rings is 1. The summed E-state index contributed by atoms with van der Waals surface area (Å²) < 4.78 is 13.4. The Labute approximate surface area is 96.5 Å². The zero-order valence-corrected chi connectivity index (χ0v) is 10.1. The molecule has 1 fully saturated rings. The van der Waals surface area contributed by atoms with E-state index in [0.717, 1.165) is 18.7 Å². The summed E-state index contributed by atoms with van der Waals surface area (Å²) in [5.41, 5.74) is 1.64. The van der Waals surface area contributed by atoms with Gasteiger partial charge in [-0.2, -0.15) is 0 Å². The molecule has 0 saturated carbocycles. The normalized spacial score (nSPS) is 26.0. The number of nitrogens with one attached hydrogen (secondary N) is 1. The fourth-order valence-corrected chi connectivity index (χ4v) is 2.28. The third-order valence-corrected chi connectivity index (χ3v) is 3.51. The predicted molar refractivity (Wildman–Crippen MR) is 65.3 cm³/mol. The Kier molecular flexibility index (Phi) is 3.15. The topological polar surface area (TPSA) is 15.3 Å². The van der Waals surface area contributed by atoms with Crippen LogP contribution in [-0.2, 0) is 0 Å². The van der Waals surface area contributed by atoms with Gasteiger partial charge in [0.15, 0.2) is 0 Å². The van der Waals surface area contributed by atoms with Crippen molar-refractivity contribution in [1.82, 2.24) is 4.90 Å². The summed E-state index contributed by atoms with van der Waals surface area (Å²) in [6, 6.07) is 6.24. The van der Waals surface area contributed by atoms with Crippen LogP contribution in [0.15, 0.2) is 18.2 Å². The monoisotopic (exact) mass is 222 g/mol. The highest BCUT2D eigenvalue weighted by Gasteiger charge is 2.26. The second-order valence-electron chi connectivity index (χ2n) is 4.78. The number of halogens is 1. The third-order valence-electron chi connectivity index (χ3n) is 3.51. The van der Waals surface area contributed by atoms with Crippen molar-refractivity contribution in [3.05, 3.63) is 29.6 Å². The molecule has 3 heteroatoms. The largest absolute Gasteiger partial charge is 0.381 e. The Morgan fingerprint density at radius 1 is 1.44 bits per heavy atom. The number of likely N-dealkylation sites (tertiary alicyclic amines) is 1. The zero-order valence-electron chi connectivity index (χ0n) is 10.1. The molecule has 0 bridgehead atoms. The lowest BCUT2D eigenvalue weighted by atomic mass is 10.1. The van der Waals surface area contributed by atoms with Gasteiger partial charge in [0, 0.05) is 29.9 Å². The van der Waals surface area contributed by atoms with E-state index in [4.69, 9.17) is 0 Å². The number of nitrogens with zero attached hydrogens (tertiary/aromatic N) is 1. The Morgan fingerprint density at radius 2 is 2.19 bits per heavy atom. The molecule has 1 N–H and O–H groups in total. The molecule has 2 nitrogen and oxygen atoms in total. The molecule has 0 spiro atoms. The minimum absolute atomic E-state index is 0.135. The molecular weight excluding hydrogens is 203 g/mol. The van der Waals surface area contributed by atoms with Crippen LogP contribution in [0.4, 0.5) is 10.1 Å². The molecule has 1 aromatic carbocycles. The van der Waals surface area contributed by atoms with Crippen LogP contribution in [0.2, 0.25) is 0 Å². The number of anilines is 1. The van der Waals surface area contributed by atoms with Gasteiger partial charge in [0.05, 0.1) is 0 Å². The summed E-state index contributed by atoms with van der Waals surface area (Å²) in [5, 5.41) is 3.43. The number of hydrogen-bond donors (Lipinski definition) is 1. The molecule has 0 amide bonds. The summed E-state index contributed by atoms with van der Waals surface area (Å²) in [5.74, 6) is -0.135. The Balaban J connectivity index is 2.08. The molecule has 0 radical (unpaired) electrons. The van der Waals surface area contributed by atoms with E-state index in [1.807, 2.05) is 13.0 Å². The fourth-order valence-electron chi connectivity index (χ4n) is 2.28. The van der Waals surface area contributed by atoms with Crippen LogP contribution in [0.25, 0.3) is 0 Å². The molecule has 0 aliphatic carbocycles. The Hall–Kier alpha value is -1.09. The molecule has 88 valence electrons. The van der Waals surface area contributed by atoms with Crippen molar-refractivity contribution in [1.29, 1.82) is 0 Å². The summed E-state index contributed by atoms with van der Waals surface area (Å²) >= 11 is 0. The van der Waals surface area contributed by atoms with Crippen LogP contribution >= 0.6 is 0 Å². The highest BCUT2D eigenvalue weighted by atomic mass is 19.1. The second kappa shape index (κ2) is 4.42. The predicted octanol–water partition coefficient (Wildman–Crippen LogP) is 2.64. The van der Waals surface area contributed by atoms with E-state index in [9.17, 15) is 4.39 Å². The van der Waals surface area contributed by atoms with Gasteiger partial charge < -0.3 is 10.2 Å². The smallest absolute Gasteiger partial charge is 0.128 e. The first-order chi connectivity index (χ1) is 7.58. The van der Waals surface area contributed by atoms with Gasteiger partial charge in [0.1, 0.15) is 5.82 Å². The maximum absolute atomic E-state index is 13.4. The minimum atomic E-state index is -0.135. The van der Waals surface area contributed by atoms with E-state index in [1.165, 1.54) is 6.07 Å². The Bertz CT molecular complexity index is 368. The first-order valence-electron chi connectivity index (χ1n) is 5.80. The molecule has 1 aliphatic rings. The van der Waals surface area contributed by atoms with Crippen LogP contribution < -0.4 is 5.32 Å². The number of likely N-dealkylation sites (N-methyl/N-ethyl adjacent to an activating group) is 1. The average Bonchev–Trinajstić information content (AvgIpc) is 2.54. The van der Waals surface area contributed by atoms with Crippen molar-refractivity contribution in [3.63, 3.8) is 0 Å². The summed E-state index contributed by atoms with van der Waals surface area (Å²) in [7, 11) is 2.13. The maximum atomic E-state index is 13.4. The van der Waals surface area contributed by atoms with Gasteiger partial charge in [-0.25, -0.2) is 4.39 Å². The van der Waals surface area contributed by atoms with E-state index in [-0.39, 0.29) is 5.82 Å². The molecule has 1 saturated heterocycles. The summed E-state index contributed by atoms with van der Waals surface area (Å²) in [6.07, 6.45) is 1.12. The summed E-state index contributed by atoms with van der Waals surface area (Å²) in [6.45, 7) is 5.07. The van der Waals surface area contributed by atoms with Gasteiger partial charge in [0.25, 0.3) is 0 Å². The molecule has 2 atom stereocenters. The lowest BCUT2D eigenvalue weighted by Crippen LogP contribution is -2.25. The van der Waals surface area contributed by atoms with Crippen LogP contribution in [0, 0.1) is 12.7 Å². The van der Waals surface area contributed by atoms with Crippen molar-refractivity contribution >= 4 is 5.69 Å². The number of rotatable bonds is 2. The standard InChI is InChI=1S/C13H19FN2/c1-9-7-11(8-16(9)3)15-13-6-4-5-12(14)10(13)2/h4-6,9,11,15H,7-8H2,1-3H3. The molecular formula is C13H19FN2. The van der Waals surface area contributed by atoms with E-state index in [1.54, 1.807) is 6.07 Å². The SMILES string of the molecule is Cc1c(F)cccc1NC1CC(C)N(C)C1. The molecule has 16 heavy (non-hydrogen) atoms. The van der Waals surface area contributed by atoms with E-state index in [2.05, 4.69) is 24.2 Å². The first-order valence-corrected chi connectivity index (χ1v) is 5.80. The van der Waals surface area contributed by atoms with Gasteiger partial charge in [-0.15, -0.1) is 0 Å². The van der Waals surface area contributed by atoms with Crippen molar-refractivity contribution in [2.24, 2.45) is 0 Å². The van der Waals surface area contributed by atoms with Gasteiger partial charge >= 0.3 is 0 Å². The molecule has 1 aromatic rings. The van der Waals surface area contributed by atoms with Crippen LogP contribution in [0.5, 0.6) is 0 Å². The fraction of sp³-hybridized carbons (Fsp3) is 0.538. The van der Waals surface area contributed by atoms with Crippen molar-refractivity contribution in [2.45, 2.75) is 32.4 Å². The van der Waals surface area contributed by atoms with Gasteiger partial charge in [0.2, 0.25) is 0 Å². The highest BCUT2D eigenvalue weighted by Crippen LogP contribution is 2.23. The lowest BCUT2D eigenvalue weighted by molar-refractivity contribution is 0.330. The molecule has 2 unspecified atom stereocenters. The maximum Gasteiger partial charge on any atom is 0.128 e. The van der Waals surface area contributed by atoms with E-state index >= 15 is 0 Å². The van der Waals surface area contributed by atoms with Crippen LogP contribution in [0.1, 0.15) is 18.9 Å². The number of hydrogen-bond acceptors (Lipinski definition) is 2. The summed E-state index contributed by atoms with van der Waals surface area (Å²) in [4.78, 5) is 2.33. The third kappa shape index (κ3) is 2.19. The van der Waals surface area contributed by atoms with Crippen LogP contribution in [-0.4, -0.2) is 30.6 Å². The lowest BCUT2D eigenvalue weighted by Gasteiger charge is -2.16. The van der Waals surface area contributed by atoms with Gasteiger partial charge in [-0.3, -0.25) is 0 Å². The minimum Gasteiger partial charge on any atom is -0.381 e. The van der Waals surface area contributed by atoms with Crippen molar-refractivity contribution < 1.29 is 4.39 Å². The molecule has 2 rings (SSSR count). The average molecular weight is 222 g/mol. The first kappa shape index (κ1) is 11.4. The van der Waals surface area contributed by atoms with Crippen molar-refractivity contribution in [3.8, 4) is 0 Å². The zero-order chi connectivity index (χ0) is 11.7. The highest BCUT2D eigenvalue weighted by molar-refractivity contribution is 5.51. The van der Waals surface area contributed by atoms with Gasteiger partial charge in [-0.1, -0.05) is 6.07 Å². The van der Waals surface area contributed by atoms with Gasteiger partial charge in [-0.05, 0) is 39.4 Å². The van der Waals surface area contributed by atoms with E-state index in [0.29, 0.717) is 17.6 Å². The van der Waals surface area contributed by atoms with Crippen LogP contribution in [0.3, 0.4) is 0 Å². The second-order valence-corrected chi connectivity index (χ2v) is 4.78. The molecule has 1 heterocycles. The Morgan fingerprint density at radius 3 is 2.81 bits per heavy atom.